The van der Waals surface area contributed by atoms with Crippen LogP contribution in [0.3, 0.4) is 0 Å². The molecule has 84 valence electrons. The summed E-state index contributed by atoms with van der Waals surface area (Å²) in [6, 6.07) is 9.15. The normalized spacial score (nSPS) is 10.8. The first-order valence-electron chi connectivity index (χ1n) is 5.02. The van der Waals surface area contributed by atoms with Gasteiger partial charge >= 0.3 is 0 Å². The van der Waals surface area contributed by atoms with Gasteiger partial charge in [-0.15, -0.1) is 0 Å². The number of aromatic nitrogens is 1. The Morgan fingerprint density at radius 2 is 2.19 bits per heavy atom. The Morgan fingerprint density at radius 3 is 2.88 bits per heavy atom. The monoisotopic (exact) mass is 218 g/mol. The molecule has 0 saturated heterocycles. The van der Waals surface area contributed by atoms with E-state index in [0.29, 0.717) is 13.2 Å². The topological polar surface area (TPSA) is 54.3 Å². The van der Waals surface area contributed by atoms with E-state index in [9.17, 15) is 9.90 Å². The first-order valence-corrected chi connectivity index (χ1v) is 5.02. The molecule has 4 heteroatoms. The van der Waals surface area contributed by atoms with Crippen molar-refractivity contribution in [1.82, 2.24) is 4.57 Å². The minimum atomic E-state index is -1.16. The maximum absolute atomic E-state index is 11.0. The molecule has 1 aromatic carbocycles. The predicted octanol–water partition coefficient (Wildman–Crippen LogP) is 0.651. The Labute approximate surface area is 93.1 Å². The molecule has 1 aromatic heterocycles. The van der Waals surface area contributed by atoms with E-state index in [1.54, 1.807) is 17.7 Å². The number of carboxylic acid groups (broad SMARTS) is 1. The van der Waals surface area contributed by atoms with Crippen molar-refractivity contribution in [2.24, 2.45) is 0 Å². The van der Waals surface area contributed by atoms with Gasteiger partial charge in [0, 0.05) is 24.6 Å². The van der Waals surface area contributed by atoms with Crippen LogP contribution in [0.1, 0.15) is 10.5 Å². The molecule has 4 nitrogen and oxygen atoms in total. The average Bonchev–Trinajstić information content (AvgIpc) is 2.65. The fourth-order valence-corrected chi connectivity index (χ4v) is 1.80. The fraction of sp³-hybridized carbons (Fsp3) is 0.250. The molecule has 2 aromatic rings. The van der Waals surface area contributed by atoms with Gasteiger partial charge in [0.05, 0.1) is 18.3 Å². The number of ether oxygens (including phenoxy) is 1. The summed E-state index contributed by atoms with van der Waals surface area (Å²) < 4.78 is 6.67. The maximum atomic E-state index is 11.0. The highest BCUT2D eigenvalue weighted by atomic mass is 16.5. The molecule has 0 fully saturated rings. The lowest BCUT2D eigenvalue weighted by Crippen LogP contribution is -2.26. The summed E-state index contributed by atoms with van der Waals surface area (Å²) in [7, 11) is 1.59. The van der Waals surface area contributed by atoms with Gasteiger partial charge in [0.25, 0.3) is 0 Å². The summed E-state index contributed by atoms with van der Waals surface area (Å²) in [5.41, 5.74) is 1.08. The van der Waals surface area contributed by atoms with E-state index in [-0.39, 0.29) is 5.69 Å². The van der Waals surface area contributed by atoms with Crippen molar-refractivity contribution in [3.8, 4) is 0 Å². The molecule has 0 amide bonds. The number of fused-ring (bicyclic) bond motifs is 1. The number of hydrogen-bond donors (Lipinski definition) is 0. The smallest absolute Gasteiger partial charge is 0.0880 e. The predicted molar refractivity (Wildman–Crippen MR) is 58.1 cm³/mol. The molecule has 0 aliphatic carbocycles. The maximum Gasteiger partial charge on any atom is 0.0880 e. The van der Waals surface area contributed by atoms with Crippen LogP contribution in [0.2, 0.25) is 0 Å². The van der Waals surface area contributed by atoms with Crippen LogP contribution in [-0.2, 0) is 11.3 Å². The second kappa shape index (κ2) is 4.37. The molecule has 0 N–H and O–H groups in total. The third-order valence-corrected chi connectivity index (χ3v) is 2.54. The minimum Gasteiger partial charge on any atom is -0.543 e. The molecule has 2 rings (SSSR count). The molecule has 0 aliphatic rings. The molecule has 1 heterocycles. The lowest BCUT2D eigenvalue weighted by atomic mass is 10.2. The van der Waals surface area contributed by atoms with Crippen molar-refractivity contribution in [3.63, 3.8) is 0 Å². The number of carbonyl (C=O) groups is 1. The summed E-state index contributed by atoms with van der Waals surface area (Å²) in [6.07, 6.45) is 0. The standard InChI is InChI=1S/C12H13NO3/c1-16-7-6-13-10-5-3-2-4-9(10)8-11(13)12(14)15/h2-5,8H,6-7H2,1H3,(H,14,15)/p-1. The number of carboxylic acids is 1. The number of rotatable bonds is 4. The molecule has 0 unspecified atom stereocenters. The Hall–Kier alpha value is -1.81. The van der Waals surface area contributed by atoms with E-state index in [1.807, 2.05) is 24.3 Å². The van der Waals surface area contributed by atoms with Crippen molar-refractivity contribution in [3.05, 3.63) is 36.0 Å². The van der Waals surface area contributed by atoms with E-state index in [4.69, 9.17) is 4.74 Å². The zero-order valence-electron chi connectivity index (χ0n) is 8.97. The number of methoxy groups -OCH3 is 1. The highest BCUT2D eigenvalue weighted by molar-refractivity contribution is 5.93. The Morgan fingerprint density at radius 1 is 1.44 bits per heavy atom. The van der Waals surface area contributed by atoms with Gasteiger partial charge in [0.1, 0.15) is 0 Å². The van der Waals surface area contributed by atoms with Crippen molar-refractivity contribution in [2.75, 3.05) is 13.7 Å². The number of nitrogens with zero attached hydrogens (tertiary/aromatic N) is 1. The van der Waals surface area contributed by atoms with E-state index in [0.717, 1.165) is 10.9 Å². The second-order valence-corrected chi connectivity index (χ2v) is 3.52. The molecule has 0 atom stereocenters. The molecule has 0 spiro atoms. The Kier molecular flexibility index (Phi) is 2.92. The molecule has 0 saturated carbocycles. The summed E-state index contributed by atoms with van der Waals surface area (Å²) in [4.78, 5) is 11.0. The van der Waals surface area contributed by atoms with Crippen LogP contribution in [0.15, 0.2) is 30.3 Å². The Bertz CT molecular complexity index is 516. The third-order valence-electron chi connectivity index (χ3n) is 2.54. The number of benzene rings is 1. The van der Waals surface area contributed by atoms with Crippen LogP contribution in [0.4, 0.5) is 0 Å². The highest BCUT2D eigenvalue weighted by Crippen LogP contribution is 2.19. The molecule has 16 heavy (non-hydrogen) atoms. The Balaban J connectivity index is 2.55. The van der Waals surface area contributed by atoms with Gasteiger partial charge < -0.3 is 19.2 Å². The van der Waals surface area contributed by atoms with E-state index in [2.05, 4.69) is 0 Å². The first kappa shape index (κ1) is 10.7. The highest BCUT2D eigenvalue weighted by Gasteiger charge is 2.08. The largest absolute Gasteiger partial charge is 0.543 e. The van der Waals surface area contributed by atoms with Crippen molar-refractivity contribution in [2.45, 2.75) is 6.54 Å². The lowest BCUT2D eigenvalue weighted by molar-refractivity contribution is -0.255. The number of aromatic carboxylic acids is 1. The van der Waals surface area contributed by atoms with Gasteiger partial charge in [-0.25, -0.2) is 0 Å². The van der Waals surface area contributed by atoms with Crippen molar-refractivity contribution >= 4 is 16.9 Å². The molecular weight excluding hydrogens is 206 g/mol. The van der Waals surface area contributed by atoms with Crippen LogP contribution in [0.25, 0.3) is 10.9 Å². The zero-order chi connectivity index (χ0) is 11.5. The second-order valence-electron chi connectivity index (χ2n) is 3.52. The van der Waals surface area contributed by atoms with E-state index in [1.165, 1.54) is 0 Å². The van der Waals surface area contributed by atoms with Gasteiger partial charge in [0.2, 0.25) is 0 Å². The first-order chi connectivity index (χ1) is 7.74. The van der Waals surface area contributed by atoms with Crippen LogP contribution < -0.4 is 5.11 Å². The van der Waals surface area contributed by atoms with Crippen LogP contribution in [0.5, 0.6) is 0 Å². The SMILES string of the molecule is COCCn1c(C(=O)[O-])cc2ccccc21. The van der Waals surface area contributed by atoms with Crippen LogP contribution >= 0.6 is 0 Å². The minimum absolute atomic E-state index is 0.193. The fourth-order valence-electron chi connectivity index (χ4n) is 1.80. The molecule has 0 radical (unpaired) electrons. The molecular formula is C12H12NO3-. The van der Waals surface area contributed by atoms with Crippen LogP contribution in [-0.4, -0.2) is 24.3 Å². The lowest BCUT2D eigenvalue weighted by Gasteiger charge is -2.10. The summed E-state index contributed by atoms with van der Waals surface area (Å²) in [5.74, 6) is -1.16. The number of para-hydroxylation sites is 1. The number of carbonyl (C=O) groups excluding carboxylic acids is 1. The summed E-state index contributed by atoms with van der Waals surface area (Å²) in [6.45, 7) is 0.978. The third kappa shape index (κ3) is 1.79. The number of hydrogen-bond acceptors (Lipinski definition) is 3. The summed E-state index contributed by atoms with van der Waals surface area (Å²) in [5, 5.41) is 11.9. The van der Waals surface area contributed by atoms with E-state index >= 15 is 0 Å². The average molecular weight is 218 g/mol. The quantitative estimate of drug-likeness (QED) is 0.757. The van der Waals surface area contributed by atoms with Gasteiger partial charge in [-0.3, -0.25) is 0 Å². The molecule has 0 aliphatic heterocycles. The summed E-state index contributed by atoms with van der Waals surface area (Å²) >= 11 is 0. The van der Waals surface area contributed by atoms with Crippen molar-refractivity contribution < 1.29 is 14.6 Å². The van der Waals surface area contributed by atoms with Crippen LogP contribution in [0, 0.1) is 0 Å². The van der Waals surface area contributed by atoms with Gasteiger partial charge in [0.15, 0.2) is 0 Å². The van der Waals surface area contributed by atoms with Gasteiger partial charge in [-0.2, -0.15) is 0 Å². The van der Waals surface area contributed by atoms with Gasteiger partial charge in [-0.05, 0) is 12.1 Å². The van der Waals surface area contributed by atoms with E-state index < -0.39 is 5.97 Å². The zero-order valence-corrected chi connectivity index (χ0v) is 8.97. The van der Waals surface area contributed by atoms with Gasteiger partial charge in [-0.1, -0.05) is 18.2 Å². The van der Waals surface area contributed by atoms with Crippen molar-refractivity contribution in [1.29, 1.82) is 0 Å². The molecule has 0 bridgehead atoms.